The zero-order valence-corrected chi connectivity index (χ0v) is 8.00. The Hall–Kier alpha value is -2.12. The molecule has 0 aliphatic rings. The number of ether oxygens (including phenoxy) is 1. The maximum Gasteiger partial charge on any atom is 0.118 e. The Kier molecular flexibility index (Phi) is 3.92. The molecule has 0 unspecified atom stereocenters. The van der Waals surface area contributed by atoms with E-state index < -0.39 is 0 Å². The largest absolute Gasteiger partial charge is 0.497 e. The van der Waals surface area contributed by atoms with Gasteiger partial charge in [-0.3, -0.25) is 0 Å². The van der Waals surface area contributed by atoms with Crippen molar-refractivity contribution in [2.45, 2.75) is 0 Å². The third-order valence-corrected chi connectivity index (χ3v) is 1.53. The standard InChI is InChI=1S/C13H10O/c1-3-4-5-6-7-12-8-10-13(14-2)11-9-12/h3,8-11H,1H2,2H3. The Morgan fingerprint density at radius 1 is 1.21 bits per heavy atom. The van der Waals surface area contributed by atoms with E-state index in [9.17, 15) is 0 Å². The second-order valence-electron chi connectivity index (χ2n) is 2.45. The molecule has 0 saturated carbocycles. The topological polar surface area (TPSA) is 9.23 Å². The highest BCUT2D eigenvalue weighted by Gasteiger charge is 1.88. The third-order valence-electron chi connectivity index (χ3n) is 1.53. The van der Waals surface area contributed by atoms with Gasteiger partial charge in [-0.2, -0.15) is 0 Å². The number of hydrogen-bond donors (Lipinski definition) is 0. The molecule has 0 bridgehead atoms. The number of hydrogen-bond acceptors (Lipinski definition) is 1. The molecule has 0 N–H and O–H groups in total. The Bertz CT molecular complexity index is 418. The van der Waals surface area contributed by atoms with Crippen molar-refractivity contribution in [3.63, 3.8) is 0 Å². The number of allylic oxidation sites excluding steroid dienone is 1. The van der Waals surface area contributed by atoms with E-state index >= 15 is 0 Å². The molecule has 0 atom stereocenters. The molecular weight excluding hydrogens is 172 g/mol. The van der Waals surface area contributed by atoms with Gasteiger partial charge in [0.2, 0.25) is 0 Å². The van der Waals surface area contributed by atoms with Gasteiger partial charge in [0.15, 0.2) is 0 Å². The molecule has 0 saturated heterocycles. The van der Waals surface area contributed by atoms with Gasteiger partial charge in [-0.25, -0.2) is 0 Å². The summed E-state index contributed by atoms with van der Waals surface area (Å²) in [6.07, 6.45) is 1.52. The summed E-state index contributed by atoms with van der Waals surface area (Å²) >= 11 is 0. The summed E-state index contributed by atoms with van der Waals surface area (Å²) in [5.74, 6) is 11.8. The third kappa shape index (κ3) is 3.09. The second kappa shape index (κ2) is 5.51. The molecule has 0 spiro atoms. The lowest BCUT2D eigenvalue weighted by molar-refractivity contribution is 0.415. The van der Waals surface area contributed by atoms with Gasteiger partial charge in [-0.15, -0.1) is 0 Å². The Morgan fingerprint density at radius 3 is 2.50 bits per heavy atom. The summed E-state index contributed by atoms with van der Waals surface area (Å²) in [6, 6.07) is 7.51. The maximum absolute atomic E-state index is 5.02. The van der Waals surface area contributed by atoms with E-state index in [4.69, 9.17) is 4.74 Å². The molecule has 0 aliphatic heterocycles. The highest BCUT2D eigenvalue weighted by molar-refractivity contribution is 5.42. The van der Waals surface area contributed by atoms with Crippen LogP contribution in [0, 0.1) is 23.7 Å². The van der Waals surface area contributed by atoms with Crippen LogP contribution in [0.2, 0.25) is 0 Å². The van der Waals surface area contributed by atoms with Crippen LogP contribution in [0.1, 0.15) is 5.56 Å². The fourth-order valence-electron chi connectivity index (χ4n) is 0.865. The van der Waals surface area contributed by atoms with E-state index in [2.05, 4.69) is 30.3 Å². The molecule has 1 nitrogen and oxygen atoms in total. The van der Waals surface area contributed by atoms with Gasteiger partial charge in [0.1, 0.15) is 5.75 Å². The summed E-state index contributed by atoms with van der Waals surface area (Å²) in [7, 11) is 1.64. The van der Waals surface area contributed by atoms with Crippen molar-refractivity contribution in [2.24, 2.45) is 0 Å². The monoisotopic (exact) mass is 182 g/mol. The van der Waals surface area contributed by atoms with Crippen LogP contribution in [-0.4, -0.2) is 7.11 Å². The van der Waals surface area contributed by atoms with Crippen LogP contribution in [0.15, 0.2) is 36.9 Å². The summed E-state index contributed by atoms with van der Waals surface area (Å²) in [6.45, 7) is 3.47. The average molecular weight is 182 g/mol. The van der Waals surface area contributed by atoms with Crippen LogP contribution in [0.3, 0.4) is 0 Å². The van der Waals surface area contributed by atoms with Gasteiger partial charge in [0.25, 0.3) is 0 Å². The van der Waals surface area contributed by atoms with Crippen LogP contribution >= 0.6 is 0 Å². The van der Waals surface area contributed by atoms with Crippen molar-refractivity contribution < 1.29 is 4.74 Å². The van der Waals surface area contributed by atoms with E-state index in [1.807, 2.05) is 24.3 Å². The summed E-state index contributed by atoms with van der Waals surface area (Å²) in [5.41, 5.74) is 0.921. The fourth-order valence-corrected chi connectivity index (χ4v) is 0.865. The minimum Gasteiger partial charge on any atom is -0.497 e. The smallest absolute Gasteiger partial charge is 0.118 e. The molecule has 0 aliphatic carbocycles. The molecule has 0 heterocycles. The van der Waals surface area contributed by atoms with Crippen molar-refractivity contribution in [1.82, 2.24) is 0 Å². The average Bonchev–Trinajstić information content (AvgIpc) is 2.25. The van der Waals surface area contributed by atoms with Crippen LogP contribution in [0.5, 0.6) is 5.75 Å². The zero-order chi connectivity index (χ0) is 10.2. The first-order chi connectivity index (χ1) is 6.86. The normalized spacial score (nSPS) is 7.50. The zero-order valence-electron chi connectivity index (χ0n) is 8.00. The predicted molar refractivity (Wildman–Crippen MR) is 57.8 cm³/mol. The minimum absolute atomic E-state index is 0.827. The van der Waals surface area contributed by atoms with Gasteiger partial charge in [-0.05, 0) is 42.2 Å². The molecule has 14 heavy (non-hydrogen) atoms. The fraction of sp³-hybridized carbons (Fsp3) is 0.0769. The lowest BCUT2D eigenvalue weighted by Gasteiger charge is -1.96. The maximum atomic E-state index is 5.02. The highest BCUT2D eigenvalue weighted by atomic mass is 16.5. The lowest BCUT2D eigenvalue weighted by Crippen LogP contribution is -1.81. The van der Waals surface area contributed by atoms with E-state index in [0.29, 0.717) is 0 Å². The minimum atomic E-state index is 0.827. The van der Waals surface area contributed by atoms with Gasteiger partial charge in [0.05, 0.1) is 7.11 Å². The molecular formula is C13H10O. The van der Waals surface area contributed by atoms with Crippen molar-refractivity contribution in [2.75, 3.05) is 7.11 Å². The first kappa shape index (κ1) is 9.96. The van der Waals surface area contributed by atoms with E-state index in [-0.39, 0.29) is 0 Å². The number of benzene rings is 1. The molecule has 0 radical (unpaired) electrons. The molecule has 1 aromatic rings. The molecule has 0 fully saturated rings. The van der Waals surface area contributed by atoms with Gasteiger partial charge in [-0.1, -0.05) is 18.4 Å². The summed E-state index contributed by atoms with van der Waals surface area (Å²) in [5, 5.41) is 0. The van der Waals surface area contributed by atoms with Crippen LogP contribution in [0.25, 0.3) is 0 Å². The van der Waals surface area contributed by atoms with Crippen LogP contribution in [0.4, 0.5) is 0 Å². The summed E-state index contributed by atoms with van der Waals surface area (Å²) < 4.78 is 5.02. The van der Waals surface area contributed by atoms with Crippen molar-refractivity contribution in [1.29, 1.82) is 0 Å². The molecule has 0 amide bonds. The van der Waals surface area contributed by atoms with Crippen molar-refractivity contribution in [3.8, 4) is 29.4 Å². The van der Waals surface area contributed by atoms with Crippen molar-refractivity contribution >= 4 is 0 Å². The van der Waals surface area contributed by atoms with E-state index in [1.165, 1.54) is 6.08 Å². The first-order valence-electron chi connectivity index (χ1n) is 4.13. The summed E-state index contributed by atoms with van der Waals surface area (Å²) in [4.78, 5) is 0. The van der Waals surface area contributed by atoms with Gasteiger partial charge in [0, 0.05) is 5.56 Å². The quantitative estimate of drug-likeness (QED) is 0.605. The van der Waals surface area contributed by atoms with Gasteiger partial charge < -0.3 is 4.74 Å². The van der Waals surface area contributed by atoms with Crippen LogP contribution < -0.4 is 4.74 Å². The Labute approximate surface area is 84.4 Å². The van der Waals surface area contributed by atoms with E-state index in [0.717, 1.165) is 11.3 Å². The molecule has 1 rings (SSSR count). The lowest BCUT2D eigenvalue weighted by atomic mass is 10.2. The first-order valence-corrected chi connectivity index (χ1v) is 4.13. The predicted octanol–water partition coefficient (Wildman–Crippen LogP) is 2.24. The van der Waals surface area contributed by atoms with E-state index in [1.54, 1.807) is 7.11 Å². The second-order valence-corrected chi connectivity index (χ2v) is 2.45. The highest BCUT2D eigenvalue weighted by Crippen LogP contribution is 2.09. The number of rotatable bonds is 1. The molecule has 68 valence electrons. The van der Waals surface area contributed by atoms with Gasteiger partial charge >= 0.3 is 0 Å². The molecule has 1 aromatic carbocycles. The molecule has 0 aromatic heterocycles. The Balaban J connectivity index is 2.76. The molecule has 1 heteroatoms. The SMILES string of the molecule is C=CC#CC#Cc1ccc(OC)cc1. The number of methoxy groups -OCH3 is 1. The van der Waals surface area contributed by atoms with Crippen molar-refractivity contribution in [3.05, 3.63) is 42.5 Å². The van der Waals surface area contributed by atoms with Crippen LogP contribution in [-0.2, 0) is 0 Å². The Morgan fingerprint density at radius 2 is 1.93 bits per heavy atom.